The van der Waals surface area contributed by atoms with Crippen molar-refractivity contribution in [1.82, 2.24) is 4.98 Å². The number of piperidine rings is 1. The van der Waals surface area contributed by atoms with Gasteiger partial charge in [0, 0.05) is 24.8 Å². The van der Waals surface area contributed by atoms with Gasteiger partial charge in [-0.3, -0.25) is 0 Å². The smallest absolute Gasteiger partial charge is 0.128 e. The summed E-state index contributed by atoms with van der Waals surface area (Å²) in [5.41, 5.74) is 0.851. The molecule has 1 aromatic heterocycles. The minimum atomic E-state index is 0.730. The first-order valence-corrected chi connectivity index (χ1v) is 6.79. The van der Waals surface area contributed by atoms with Crippen LogP contribution in [0.2, 0.25) is 0 Å². The first-order chi connectivity index (χ1) is 8.61. The summed E-state index contributed by atoms with van der Waals surface area (Å²) in [6.07, 6.45) is 8.40. The van der Waals surface area contributed by atoms with Gasteiger partial charge < -0.3 is 4.90 Å². The molecule has 2 heterocycles. The zero-order valence-electron chi connectivity index (χ0n) is 11.6. The fraction of sp³-hybridized carbons (Fsp3) is 0.562. The largest absolute Gasteiger partial charge is 0.356 e. The van der Waals surface area contributed by atoms with Crippen LogP contribution in [0.25, 0.3) is 0 Å². The lowest BCUT2D eigenvalue weighted by atomic mass is 9.79. The molecule has 96 valence electrons. The van der Waals surface area contributed by atoms with Gasteiger partial charge in [0.05, 0.1) is 0 Å². The molecule has 1 aliphatic heterocycles. The van der Waals surface area contributed by atoms with E-state index in [1.807, 2.05) is 12.1 Å². The van der Waals surface area contributed by atoms with Gasteiger partial charge in [0.25, 0.3) is 0 Å². The number of hydrogen-bond donors (Lipinski definition) is 0. The Kier molecular flexibility index (Phi) is 3.91. The Balaban J connectivity index is 2.05. The van der Waals surface area contributed by atoms with E-state index < -0.39 is 0 Å². The van der Waals surface area contributed by atoms with Crippen LogP contribution in [-0.4, -0.2) is 18.1 Å². The normalized spacial score (nSPS) is 24.1. The molecule has 0 amide bonds. The van der Waals surface area contributed by atoms with Crippen LogP contribution < -0.4 is 4.90 Å². The van der Waals surface area contributed by atoms with E-state index in [2.05, 4.69) is 36.6 Å². The van der Waals surface area contributed by atoms with Gasteiger partial charge >= 0.3 is 0 Å². The molecule has 0 unspecified atom stereocenters. The van der Waals surface area contributed by atoms with Crippen molar-refractivity contribution in [3.05, 3.63) is 23.9 Å². The Morgan fingerprint density at radius 2 is 2.22 bits per heavy atom. The van der Waals surface area contributed by atoms with Crippen LogP contribution in [0.4, 0.5) is 5.82 Å². The molecule has 0 radical (unpaired) electrons. The van der Waals surface area contributed by atoms with Gasteiger partial charge in [-0.25, -0.2) is 4.98 Å². The number of nitrogens with zero attached hydrogens (tertiary/aromatic N) is 2. The molecule has 0 bridgehead atoms. The van der Waals surface area contributed by atoms with Crippen molar-refractivity contribution >= 4 is 5.82 Å². The Labute approximate surface area is 110 Å². The standard InChI is InChI=1S/C16H22N2/c1-5-14-6-7-16(17-10-14)18-9-8-15(12(2)3)13(4)11-18/h1,6-7,10,12-13,15H,8-9,11H2,2-4H3/t13-,15-/m1/s1. The third kappa shape index (κ3) is 2.67. The highest BCUT2D eigenvalue weighted by molar-refractivity contribution is 5.43. The number of rotatable bonds is 2. The fourth-order valence-corrected chi connectivity index (χ4v) is 3.02. The number of aromatic nitrogens is 1. The lowest BCUT2D eigenvalue weighted by Gasteiger charge is -2.39. The van der Waals surface area contributed by atoms with Gasteiger partial charge in [-0.2, -0.15) is 0 Å². The van der Waals surface area contributed by atoms with Gasteiger partial charge in [0.1, 0.15) is 5.82 Å². The molecule has 2 rings (SSSR count). The molecule has 2 atom stereocenters. The van der Waals surface area contributed by atoms with E-state index in [0.29, 0.717) is 0 Å². The van der Waals surface area contributed by atoms with E-state index in [0.717, 1.165) is 42.2 Å². The molecule has 0 N–H and O–H groups in total. The lowest BCUT2D eigenvalue weighted by molar-refractivity contribution is 0.228. The van der Waals surface area contributed by atoms with Crippen molar-refractivity contribution in [2.24, 2.45) is 17.8 Å². The molecule has 2 nitrogen and oxygen atoms in total. The van der Waals surface area contributed by atoms with E-state index in [1.54, 1.807) is 6.20 Å². The Morgan fingerprint density at radius 1 is 1.44 bits per heavy atom. The van der Waals surface area contributed by atoms with Crippen LogP contribution in [0.15, 0.2) is 18.3 Å². The fourth-order valence-electron chi connectivity index (χ4n) is 3.02. The number of pyridine rings is 1. The van der Waals surface area contributed by atoms with Crippen LogP contribution in [0.5, 0.6) is 0 Å². The molecule has 2 heteroatoms. The maximum atomic E-state index is 5.35. The van der Waals surface area contributed by atoms with Crippen molar-refractivity contribution in [2.45, 2.75) is 27.2 Å². The van der Waals surface area contributed by atoms with Crippen molar-refractivity contribution in [1.29, 1.82) is 0 Å². The van der Waals surface area contributed by atoms with E-state index in [4.69, 9.17) is 6.42 Å². The molecular weight excluding hydrogens is 220 g/mol. The molecule has 1 aliphatic rings. The number of anilines is 1. The Bertz CT molecular complexity index is 427. The highest BCUT2D eigenvalue weighted by Crippen LogP contribution is 2.31. The lowest BCUT2D eigenvalue weighted by Crippen LogP contribution is -2.41. The SMILES string of the molecule is C#Cc1ccc(N2CC[C@H](C(C)C)[C@H](C)C2)nc1. The van der Waals surface area contributed by atoms with E-state index in [9.17, 15) is 0 Å². The minimum Gasteiger partial charge on any atom is -0.356 e. The average Bonchev–Trinajstić information content (AvgIpc) is 2.38. The van der Waals surface area contributed by atoms with Crippen LogP contribution in [0.1, 0.15) is 32.8 Å². The van der Waals surface area contributed by atoms with E-state index >= 15 is 0 Å². The Morgan fingerprint density at radius 3 is 2.72 bits per heavy atom. The molecule has 1 saturated heterocycles. The highest BCUT2D eigenvalue weighted by Gasteiger charge is 2.28. The monoisotopic (exact) mass is 242 g/mol. The predicted molar refractivity (Wildman–Crippen MR) is 76.5 cm³/mol. The Hall–Kier alpha value is -1.49. The quantitative estimate of drug-likeness (QED) is 0.740. The summed E-state index contributed by atoms with van der Waals surface area (Å²) in [7, 11) is 0. The molecule has 1 aromatic rings. The summed E-state index contributed by atoms with van der Waals surface area (Å²) in [6.45, 7) is 9.22. The van der Waals surface area contributed by atoms with Crippen LogP contribution in [0.3, 0.4) is 0 Å². The zero-order valence-corrected chi connectivity index (χ0v) is 11.6. The summed E-state index contributed by atoms with van der Waals surface area (Å²) < 4.78 is 0. The number of terminal acetylenes is 1. The van der Waals surface area contributed by atoms with E-state index in [1.165, 1.54) is 6.42 Å². The highest BCUT2D eigenvalue weighted by atomic mass is 15.2. The van der Waals surface area contributed by atoms with Gasteiger partial charge in [-0.05, 0) is 36.3 Å². The second kappa shape index (κ2) is 5.44. The summed E-state index contributed by atoms with van der Waals surface area (Å²) in [4.78, 5) is 6.84. The average molecular weight is 242 g/mol. The first-order valence-electron chi connectivity index (χ1n) is 6.79. The number of hydrogen-bond acceptors (Lipinski definition) is 2. The second-order valence-corrected chi connectivity index (χ2v) is 5.67. The third-order valence-electron chi connectivity index (χ3n) is 4.07. The summed E-state index contributed by atoms with van der Waals surface area (Å²) in [5, 5.41) is 0. The molecule has 0 aromatic carbocycles. The molecular formula is C16H22N2. The molecule has 0 saturated carbocycles. The third-order valence-corrected chi connectivity index (χ3v) is 4.07. The van der Waals surface area contributed by atoms with Gasteiger partial charge in [0.15, 0.2) is 0 Å². The summed E-state index contributed by atoms with van der Waals surface area (Å²) in [5.74, 6) is 6.01. The summed E-state index contributed by atoms with van der Waals surface area (Å²) >= 11 is 0. The van der Waals surface area contributed by atoms with Crippen LogP contribution in [0, 0.1) is 30.1 Å². The van der Waals surface area contributed by atoms with Gasteiger partial charge in [-0.1, -0.05) is 26.7 Å². The summed E-state index contributed by atoms with van der Waals surface area (Å²) in [6, 6.07) is 4.01. The van der Waals surface area contributed by atoms with Crippen molar-refractivity contribution in [3.8, 4) is 12.3 Å². The van der Waals surface area contributed by atoms with Gasteiger partial charge in [-0.15, -0.1) is 6.42 Å². The van der Waals surface area contributed by atoms with E-state index in [-0.39, 0.29) is 0 Å². The van der Waals surface area contributed by atoms with Crippen LogP contribution in [-0.2, 0) is 0 Å². The topological polar surface area (TPSA) is 16.1 Å². The maximum absolute atomic E-state index is 5.35. The van der Waals surface area contributed by atoms with Crippen molar-refractivity contribution in [2.75, 3.05) is 18.0 Å². The zero-order chi connectivity index (χ0) is 13.1. The van der Waals surface area contributed by atoms with Crippen molar-refractivity contribution < 1.29 is 0 Å². The maximum Gasteiger partial charge on any atom is 0.128 e. The molecule has 0 spiro atoms. The van der Waals surface area contributed by atoms with Crippen molar-refractivity contribution in [3.63, 3.8) is 0 Å². The molecule has 0 aliphatic carbocycles. The second-order valence-electron chi connectivity index (χ2n) is 5.67. The molecule has 1 fully saturated rings. The first kappa shape index (κ1) is 13.0. The predicted octanol–water partition coefficient (Wildman–Crippen LogP) is 3.18. The van der Waals surface area contributed by atoms with Gasteiger partial charge in [0.2, 0.25) is 0 Å². The minimum absolute atomic E-state index is 0.730. The molecule has 18 heavy (non-hydrogen) atoms. The van der Waals surface area contributed by atoms with Crippen LogP contribution >= 0.6 is 0 Å².